The van der Waals surface area contributed by atoms with Crippen molar-refractivity contribution >= 4 is 12.0 Å². The SMILES string of the molecule is COC(=O)CCN1CCN2C(=O)NCC2C1. The second kappa shape index (κ2) is 4.69. The lowest BCUT2D eigenvalue weighted by Crippen LogP contribution is -2.52. The average molecular weight is 227 g/mol. The Morgan fingerprint density at radius 1 is 1.56 bits per heavy atom. The van der Waals surface area contributed by atoms with Gasteiger partial charge >= 0.3 is 12.0 Å². The van der Waals surface area contributed by atoms with Gasteiger partial charge in [-0.15, -0.1) is 0 Å². The van der Waals surface area contributed by atoms with E-state index in [1.165, 1.54) is 7.11 Å². The molecule has 0 radical (unpaired) electrons. The third kappa shape index (κ3) is 2.27. The molecule has 0 aliphatic carbocycles. The van der Waals surface area contributed by atoms with Crippen molar-refractivity contribution in [2.24, 2.45) is 0 Å². The molecule has 2 fully saturated rings. The molecule has 0 aromatic heterocycles. The molecular weight excluding hydrogens is 210 g/mol. The van der Waals surface area contributed by atoms with E-state index in [0.717, 1.165) is 19.6 Å². The first-order valence-corrected chi connectivity index (χ1v) is 5.54. The van der Waals surface area contributed by atoms with Crippen molar-refractivity contribution in [2.75, 3.05) is 39.8 Å². The molecule has 2 aliphatic rings. The summed E-state index contributed by atoms with van der Waals surface area (Å²) >= 11 is 0. The molecule has 2 heterocycles. The van der Waals surface area contributed by atoms with Gasteiger partial charge < -0.3 is 15.0 Å². The van der Waals surface area contributed by atoms with Gasteiger partial charge in [0.05, 0.1) is 19.6 Å². The molecule has 2 rings (SSSR count). The summed E-state index contributed by atoms with van der Waals surface area (Å²) in [5.74, 6) is -0.178. The fraction of sp³-hybridized carbons (Fsp3) is 0.800. The Kier molecular flexibility index (Phi) is 3.28. The number of fused-ring (bicyclic) bond motifs is 1. The largest absolute Gasteiger partial charge is 0.469 e. The molecule has 2 amide bonds. The number of nitrogens with zero attached hydrogens (tertiary/aromatic N) is 2. The van der Waals surface area contributed by atoms with E-state index in [1.807, 2.05) is 4.90 Å². The number of hydrogen-bond donors (Lipinski definition) is 1. The van der Waals surface area contributed by atoms with E-state index in [4.69, 9.17) is 0 Å². The highest BCUT2D eigenvalue weighted by Crippen LogP contribution is 2.14. The van der Waals surface area contributed by atoms with Gasteiger partial charge in [0.1, 0.15) is 0 Å². The van der Waals surface area contributed by atoms with Crippen LogP contribution in [0.4, 0.5) is 4.79 Å². The molecule has 0 bridgehead atoms. The van der Waals surface area contributed by atoms with Gasteiger partial charge in [0.25, 0.3) is 0 Å². The van der Waals surface area contributed by atoms with Crippen LogP contribution in [0.1, 0.15) is 6.42 Å². The molecule has 1 N–H and O–H groups in total. The molecule has 0 spiro atoms. The summed E-state index contributed by atoms with van der Waals surface area (Å²) in [6, 6.07) is 0.302. The van der Waals surface area contributed by atoms with Gasteiger partial charge in [-0.05, 0) is 0 Å². The molecule has 90 valence electrons. The van der Waals surface area contributed by atoms with Crippen LogP contribution in [0.15, 0.2) is 0 Å². The van der Waals surface area contributed by atoms with E-state index in [-0.39, 0.29) is 18.0 Å². The van der Waals surface area contributed by atoms with Gasteiger partial charge in [-0.2, -0.15) is 0 Å². The number of carbonyl (C=O) groups is 2. The van der Waals surface area contributed by atoms with Gasteiger partial charge in [0.2, 0.25) is 0 Å². The summed E-state index contributed by atoms with van der Waals surface area (Å²) in [4.78, 5) is 26.4. The minimum Gasteiger partial charge on any atom is -0.469 e. The highest BCUT2D eigenvalue weighted by molar-refractivity contribution is 5.77. The van der Waals surface area contributed by atoms with Crippen molar-refractivity contribution in [3.05, 3.63) is 0 Å². The van der Waals surface area contributed by atoms with Crippen molar-refractivity contribution in [1.29, 1.82) is 0 Å². The summed E-state index contributed by atoms with van der Waals surface area (Å²) < 4.78 is 4.60. The number of esters is 1. The van der Waals surface area contributed by atoms with Crippen LogP contribution in [0.5, 0.6) is 0 Å². The number of hydrogen-bond acceptors (Lipinski definition) is 4. The van der Waals surface area contributed by atoms with E-state index in [9.17, 15) is 9.59 Å². The minimum absolute atomic E-state index is 0.0395. The highest BCUT2D eigenvalue weighted by atomic mass is 16.5. The van der Waals surface area contributed by atoms with Crippen molar-refractivity contribution in [3.8, 4) is 0 Å². The van der Waals surface area contributed by atoms with Gasteiger partial charge in [0, 0.05) is 32.7 Å². The quantitative estimate of drug-likeness (QED) is 0.645. The zero-order valence-electron chi connectivity index (χ0n) is 9.44. The zero-order chi connectivity index (χ0) is 11.5. The Balaban J connectivity index is 1.78. The predicted molar refractivity (Wildman–Crippen MR) is 57.0 cm³/mol. The number of urea groups is 1. The first-order chi connectivity index (χ1) is 7.70. The van der Waals surface area contributed by atoms with Gasteiger partial charge in [-0.3, -0.25) is 9.69 Å². The third-order valence-electron chi connectivity index (χ3n) is 3.18. The van der Waals surface area contributed by atoms with Crippen LogP contribution in [-0.4, -0.2) is 67.7 Å². The van der Waals surface area contributed by atoms with Crippen LogP contribution in [-0.2, 0) is 9.53 Å². The van der Waals surface area contributed by atoms with Crippen LogP contribution < -0.4 is 5.32 Å². The van der Waals surface area contributed by atoms with E-state index >= 15 is 0 Å². The van der Waals surface area contributed by atoms with E-state index in [0.29, 0.717) is 19.5 Å². The molecular formula is C10H17N3O3. The molecule has 16 heavy (non-hydrogen) atoms. The van der Waals surface area contributed by atoms with E-state index in [2.05, 4.69) is 15.0 Å². The number of piperazine rings is 1. The van der Waals surface area contributed by atoms with Gasteiger partial charge in [0.15, 0.2) is 0 Å². The molecule has 0 aromatic carbocycles. The summed E-state index contributed by atoms with van der Waals surface area (Å²) in [5.41, 5.74) is 0. The molecule has 6 nitrogen and oxygen atoms in total. The van der Waals surface area contributed by atoms with Gasteiger partial charge in [-0.1, -0.05) is 0 Å². The molecule has 2 aliphatic heterocycles. The van der Waals surface area contributed by atoms with Crippen molar-refractivity contribution in [3.63, 3.8) is 0 Å². The lowest BCUT2D eigenvalue weighted by Gasteiger charge is -2.36. The predicted octanol–water partition coefficient (Wildman–Crippen LogP) is -0.741. The van der Waals surface area contributed by atoms with Crippen molar-refractivity contribution < 1.29 is 14.3 Å². The second-order valence-electron chi connectivity index (χ2n) is 4.16. The fourth-order valence-corrected chi connectivity index (χ4v) is 2.22. The van der Waals surface area contributed by atoms with Crippen molar-refractivity contribution in [1.82, 2.24) is 15.1 Å². The van der Waals surface area contributed by atoms with E-state index < -0.39 is 0 Å². The summed E-state index contributed by atoms with van der Waals surface area (Å²) in [6.07, 6.45) is 0.421. The van der Waals surface area contributed by atoms with Crippen LogP contribution in [0.25, 0.3) is 0 Å². The lowest BCUT2D eigenvalue weighted by atomic mass is 10.2. The molecule has 0 aromatic rings. The minimum atomic E-state index is -0.178. The summed E-state index contributed by atoms with van der Waals surface area (Å²) in [5, 5.41) is 2.83. The lowest BCUT2D eigenvalue weighted by molar-refractivity contribution is -0.141. The Hall–Kier alpha value is -1.30. The molecule has 1 atom stereocenters. The Labute approximate surface area is 94.5 Å². The number of amides is 2. The highest BCUT2D eigenvalue weighted by Gasteiger charge is 2.35. The zero-order valence-corrected chi connectivity index (χ0v) is 9.44. The smallest absolute Gasteiger partial charge is 0.317 e. The number of methoxy groups -OCH3 is 1. The number of ether oxygens (including phenoxy) is 1. The maximum Gasteiger partial charge on any atom is 0.317 e. The van der Waals surface area contributed by atoms with Crippen LogP contribution in [0.3, 0.4) is 0 Å². The fourth-order valence-electron chi connectivity index (χ4n) is 2.22. The van der Waals surface area contributed by atoms with Gasteiger partial charge in [-0.25, -0.2) is 4.79 Å². The van der Waals surface area contributed by atoms with Crippen LogP contribution >= 0.6 is 0 Å². The third-order valence-corrected chi connectivity index (χ3v) is 3.18. The first-order valence-electron chi connectivity index (χ1n) is 5.54. The second-order valence-corrected chi connectivity index (χ2v) is 4.16. The molecule has 1 unspecified atom stereocenters. The maximum absolute atomic E-state index is 11.3. The Bertz CT molecular complexity index is 295. The van der Waals surface area contributed by atoms with Crippen LogP contribution in [0, 0.1) is 0 Å². The number of carbonyl (C=O) groups excluding carboxylic acids is 2. The number of rotatable bonds is 3. The topological polar surface area (TPSA) is 61.9 Å². The molecule has 0 saturated carbocycles. The Morgan fingerprint density at radius 3 is 3.12 bits per heavy atom. The summed E-state index contributed by atoms with van der Waals surface area (Å²) in [7, 11) is 1.40. The first kappa shape index (κ1) is 11.2. The maximum atomic E-state index is 11.3. The summed E-state index contributed by atoms with van der Waals surface area (Å²) in [6.45, 7) is 3.85. The monoisotopic (exact) mass is 227 g/mol. The standard InChI is InChI=1S/C10H17N3O3/c1-16-9(14)2-3-12-4-5-13-8(7-12)6-11-10(13)15/h8H,2-7H2,1H3,(H,11,15). The molecule has 6 heteroatoms. The Morgan fingerprint density at radius 2 is 2.38 bits per heavy atom. The van der Waals surface area contributed by atoms with Crippen molar-refractivity contribution in [2.45, 2.75) is 12.5 Å². The normalized spacial score (nSPS) is 25.2. The molecule has 2 saturated heterocycles. The average Bonchev–Trinajstić information content (AvgIpc) is 2.67. The van der Waals surface area contributed by atoms with Crippen LogP contribution in [0.2, 0.25) is 0 Å². The van der Waals surface area contributed by atoms with E-state index in [1.54, 1.807) is 0 Å². The number of nitrogens with one attached hydrogen (secondary N) is 1.